The molecule has 4 aromatic rings. The number of ether oxygens (including phenoxy) is 3. The molecular formula is C28H21FN2O6S. The van der Waals surface area contributed by atoms with Crippen LogP contribution in [0.3, 0.4) is 0 Å². The zero-order valence-corrected chi connectivity index (χ0v) is 21.0. The van der Waals surface area contributed by atoms with Gasteiger partial charge in [-0.15, -0.1) is 0 Å². The molecule has 0 saturated carbocycles. The van der Waals surface area contributed by atoms with Crippen LogP contribution in [0.25, 0.3) is 16.0 Å². The Labute approximate surface area is 220 Å². The average Bonchev–Trinajstić information content (AvgIpc) is 3.46. The number of benzene rings is 3. The van der Waals surface area contributed by atoms with Crippen molar-refractivity contribution in [2.45, 2.75) is 13.0 Å². The Morgan fingerprint density at radius 2 is 1.89 bits per heavy atom. The van der Waals surface area contributed by atoms with Crippen molar-refractivity contribution in [2.75, 3.05) is 24.7 Å². The molecule has 0 radical (unpaired) electrons. The minimum absolute atomic E-state index is 0.0556. The number of aromatic nitrogens is 1. The molecule has 0 bridgehead atoms. The first-order valence-corrected chi connectivity index (χ1v) is 12.8. The molecule has 8 nitrogen and oxygen atoms in total. The lowest BCUT2D eigenvalue weighted by atomic mass is 9.95. The quantitative estimate of drug-likeness (QED) is 0.213. The summed E-state index contributed by atoms with van der Waals surface area (Å²) in [5, 5.41) is 11.6. The van der Waals surface area contributed by atoms with E-state index in [1.807, 2.05) is 6.92 Å². The summed E-state index contributed by atoms with van der Waals surface area (Å²) in [6.45, 7) is 3.08. The maximum absolute atomic E-state index is 15.2. The van der Waals surface area contributed by atoms with Crippen molar-refractivity contribution in [1.29, 1.82) is 0 Å². The lowest BCUT2D eigenvalue weighted by Crippen LogP contribution is -2.29. The molecule has 3 aromatic carbocycles. The Morgan fingerprint density at radius 3 is 2.68 bits per heavy atom. The highest BCUT2D eigenvalue weighted by atomic mass is 32.1. The van der Waals surface area contributed by atoms with Crippen LogP contribution in [0.2, 0.25) is 0 Å². The van der Waals surface area contributed by atoms with E-state index in [1.54, 1.807) is 36.4 Å². The first-order chi connectivity index (χ1) is 18.5. The van der Waals surface area contributed by atoms with Crippen LogP contribution in [0.4, 0.5) is 9.52 Å². The van der Waals surface area contributed by atoms with Gasteiger partial charge in [0.2, 0.25) is 0 Å². The maximum Gasteiger partial charge on any atom is 0.301 e. The standard InChI is InChI=1S/C28H21FN2O6S/c1-2-35-16-8-9-19-22(14-16)38-28(30-19)31-24(17-5-3-4-6-18(17)29)23(26(33)27(31)34)25(32)15-7-10-20-21(13-15)37-12-11-36-20/h3-10,13-14,24,32H,2,11-12H2,1H3. The van der Waals surface area contributed by atoms with E-state index in [0.717, 1.165) is 9.60 Å². The molecule has 2 aliphatic rings. The molecular weight excluding hydrogens is 511 g/mol. The molecule has 1 unspecified atom stereocenters. The predicted octanol–water partition coefficient (Wildman–Crippen LogP) is 5.23. The first kappa shape index (κ1) is 23.9. The zero-order valence-electron chi connectivity index (χ0n) is 20.1. The summed E-state index contributed by atoms with van der Waals surface area (Å²) in [4.78, 5) is 32.6. The molecule has 1 fully saturated rings. The van der Waals surface area contributed by atoms with Crippen molar-refractivity contribution in [2.24, 2.45) is 0 Å². The third-order valence-corrected chi connectivity index (χ3v) is 7.34. The molecule has 0 aliphatic carbocycles. The normalized spacial score (nSPS) is 18.3. The van der Waals surface area contributed by atoms with Gasteiger partial charge >= 0.3 is 5.91 Å². The van der Waals surface area contributed by atoms with Gasteiger partial charge in [-0.25, -0.2) is 9.37 Å². The van der Waals surface area contributed by atoms with Crippen LogP contribution in [0, 0.1) is 5.82 Å². The lowest BCUT2D eigenvalue weighted by molar-refractivity contribution is -0.132. The van der Waals surface area contributed by atoms with Gasteiger partial charge in [-0.1, -0.05) is 29.5 Å². The molecule has 6 rings (SSSR count). The second kappa shape index (κ2) is 9.46. The topological polar surface area (TPSA) is 98.2 Å². The van der Waals surface area contributed by atoms with Gasteiger partial charge in [-0.3, -0.25) is 14.5 Å². The van der Waals surface area contributed by atoms with E-state index in [-0.39, 0.29) is 21.8 Å². The fourth-order valence-electron chi connectivity index (χ4n) is 4.62. The second-order valence-electron chi connectivity index (χ2n) is 8.61. The van der Waals surface area contributed by atoms with Crippen LogP contribution in [0.5, 0.6) is 17.2 Å². The van der Waals surface area contributed by atoms with Crippen LogP contribution in [-0.2, 0) is 9.59 Å². The van der Waals surface area contributed by atoms with Crippen molar-refractivity contribution in [1.82, 2.24) is 4.98 Å². The van der Waals surface area contributed by atoms with Gasteiger partial charge in [0.05, 0.1) is 22.4 Å². The van der Waals surface area contributed by atoms with Gasteiger partial charge in [0.15, 0.2) is 16.6 Å². The minimum Gasteiger partial charge on any atom is -0.507 e. The highest BCUT2D eigenvalue weighted by Gasteiger charge is 2.49. The summed E-state index contributed by atoms with van der Waals surface area (Å²) in [6, 6.07) is 14.6. The maximum atomic E-state index is 15.2. The number of aliphatic hydroxyl groups is 1. The van der Waals surface area contributed by atoms with Crippen molar-refractivity contribution in [3.05, 3.63) is 83.2 Å². The van der Waals surface area contributed by atoms with E-state index >= 15 is 4.39 Å². The highest BCUT2D eigenvalue weighted by Crippen LogP contribution is 2.45. The Hall–Kier alpha value is -4.44. The summed E-state index contributed by atoms with van der Waals surface area (Å²) < 4.78 is 32.6. The van der Waals surface area contributed by atoms with E-state index in [2.05, 4.69) is 4.98 Å². The number of nitrogens with zero attached hydrogens (tertiary/aromatic N) is 2. The number of fused-ring (bicyclic) bond motifs is 2. The predicted molar refractivity (Wildman–Crippen MR) is 139 cm³/mol. The second-order valence-corrected chi connectivity index (χ2v) is 9.62. The van der Waals surface area contributed by atoms with Gasteiger partial charge in [0.1, 0.15) is 36.6 Å². The summed E-state index contributed by atoms with van der Waals surface area (Å²) in [7, 11) is 0. The molecule has 192 valence electrons. The van der Waals surface area contributed by atoms with Crippen molar-refractivity contribution < 1.29 is 33.3 Å². The number of hydrogen-bond acceptors (Lipinski definition) is 8. The number of aliphatic hydroxyl groups excluding tert-OH is 1. The van der Waals surface area contributed by atoms with Crippen LogP contribution in [-0.4, -0.2) is 41.6 Å². The van der Waals surface area contributed by atoms with Gasteiger partial charge < -0.3 is 19.3 Å². The molecule has 3 heterocycles. The lowest BCUT2D eigenvalue weighted by Gasteiger charge is -2.23. The molecule has 1 amide bonds. The third-order valence-electron chi connectivity index (χ3n) is 6.33. The van der Waals surface area contributed by atoms with Crippen molar-refractivity contribution in [3.8, 4) is 17.2 Å². The summed E-state index contributed by atoms with van der Waals surface area (Å²) >= 11 is 1.17. The van der Waals surface area contributed by atoms with E-state index in [4.69, 9.17) is 14.2 Å². The summed E-state index contributed by atoms with van der Waals surface area (Å²) in [5.74, 6) is -1.40. The summed E-state index contributed by atoms with van der Waals surface area (Å²) in [5.41, 5.74) is 0.639. The van der Waals surface area contributed by atoms with Crippen molar-refractivity contribution in [3.63, 3.8) is 0 Å². The van der Waals surface area contributed by atoms with E-state index in [1.165, 1.54) is 35.6 Å². The number of halogens is 1. The first-order valence-electron chi connectivity index (χ1n) is 11.9. The van der Waals surface area contributed by atoms with Crippen LogP contribution in [0.15, 0.2) is 66.2 Å². The number of anilines is 1. The van der Waals surface area contributed by atoms with E-state index < -0.39 is 29.3 Å². The molecule has 1 aromatic heterocycles. The zero-order chi connectivity index (χ0) is 26.4. The SMILES string of the molecule is CCOc1ccc2nc(N3C(=O)C(=O)C(=C(O)c4ccc5c(c4)OCCO5)C3c3ccccc3F)sc2c1. The number of rotatable bonds is 5. The monoisotopic (exact) mass is 532 g/mol. The minimum atomic E-state index is -1.24. The molecule has 10 heteroatoms. The fraction of sp³-hybridized carbons (Fsp3) is 0.179. The van der Waals surface area contributed by atoms with Gasteiger partial charge in [0.25, 0.3) is 5.78 Å². The Balaban J connectivity index is 1.52. The van der Waals surface area contributed by atoms with E-state index in [9.17, 15) is 14.7 Å². The fourth-order valence-corrected chi connectivity index (χ4v) is 5.64. The molecule has 1 atom stereocenters. The molecule has 1 N–H and O–H groups in total. The van der Waals surface area contributed by atoms with Crippen LogP contribution in [0.1, 0.15) is 24.1 Å². The van der Waals surface area contributed by atoms with E-state index in [0.29, 0.717) is 42.6 Å². The smallest absolute Gasteiger partial charge is 0.301 e. The number of Topliss-reactive ketones (excluding diaryl/α,β-unsaturated/α-hetero) is 1. The van der Waals surface area contributed by atoms with Gasteiger partial charge in [-0.05, 0) is 49.4 Å². The van der Waals surface area contributed by atoms with Crippen LogP contribution >= 0.6 is 11.3 Å². The molecule has 38 heavy (non-hydrogen) atoms. The number of amides is 1. The van der Waals surface area contributed by atoms with Gasteiger partial charge in [-0.2, -0.15) is 0 Å². The number of ketones is 1. The molecule has 0 spiro atoms. The third kappa shape index (κ3) is 3.93. The van der Waals surface area contributed by atoms with Crippen molar-refractivity contribution >= 4 is 44.1 Å². The van der Waals surface area contributed by atoms with Gasteiger partial charge in [0, 0.05) is 11.1 Å². The summed E-state index contributed by atoms with van der Waals surface area (Å²) in [6.07, 6.45) is 0. The number of thiazole rings is 1. The van der Waals surface area contributed by atoms with Crippen LogP contribution < -0.4 is 19.1 Å². The molecule has 2 aliphatic heterocycles. The number of carbonyl (C=O) groups excluding carboxylic acids is 2. The number of carbonyl (C=O) groups is 2. The Kier molecular flexibility index (Phi) is 5.96. The Morgan fingerprint density at radius 1 is 1.11 bits per heavy atom. The average molecular weight is 533 g/mol. The largest absolute Gasteiger partial charge is 0.507 e. The Bertz CT molecular complexity index is 1630. The molecule has 1 saturated heterocycles. The highest BCUT2D eigenvalue weighted by molar-refractivity contribution is 7.22. The number of hydrogen-bond donors (Lipinski definition) is 1.